The van der Waals surface area contributed by atoms with Crippen LogP contribution in [0.15, 0.2) is 89.8 Å². The topological polar surface area (TPSA) is 37.8 Å². The summed E-state index contributed by atoms with van der Waals surface area (Å²) < 4.78 is 0. The van der Waals surface area contributed by atoms with Crippen molar-refractivity contribution in [1.29, 1.82) is 0 Å². The standard InChI is InChI=1S/C25H19N3S/c1-26-20-9-7-18(8-10-20)25-21(17-5-3-2-4-6-17)15-22-23(28-25)11-13-27-24(22)19-12-14-29-16-19/h2-16,26H,1H3. The van der Waals surface area contributed by atoms with E-state index in [1.54, 1.807) is 11.3 Å². The maximum atomic E-state index is 5.09. The minimum atomic E-state index is 0.952. The monoisotopic (exact) mass is 393 g/mol. The summed E-state index contributed by atoms with van der Waals surface area (Å²) in [6.07, 6.45) is 1.85. The first kappa shape index (κ1) is 17.6. The van der Waals surface area contributed by atoms with E-state index in [-0.39, 0.29) is 0 Å². The summed E-state index contributed by atoms with van der Waals surface area (Å²) in [5.74, 6) is 0. The lowest BCUT2D eigenvalue weighted by Gasteiger charge is -2.13. The molecule has 0 aliphatic rings. The van der Waals surface area contributed by atoms with Gasteiger partial charge in [-0.1, -0.05) is 42.5 Å². The van der Waals surface area contributed by atoms with Crippen molar-refractivity contribution in [3.8, 4) is 33.6 Å². The Bertz CT molecular complexity index is 1260. The molecule has 29 heavy (non-hydrogen) atoms. The average molecular weight is 394 g/mol. The van der Waals surface area contributed by atoms with Crippen molar-refractivity contribution in [1.82, 2.24) is 9.97 Å². The Labute approximate surface area is 173 Å². The van der Waals surface area contributed by atoms with Crippen LogP contribution in [0.3, 0.4) is 0 Å². The zero-order valence-corrected chi connectivity index (χ0v) is 16.8. The third kappa shape index (κ3) is 3.28. The summed E-state index contributed by atoms with van der Waals surface area (Å²) in [5, 5.41) is 8.46. The fourth-order valence-corrected chi connectivity index (χ4v) is 4.22. The van der Waals surface area contributed by atoms with E-state index in [2.05, 4.69) is 81.7 Å². The highest BCUT2D eigenvalue weighted by Crippen LogP contribution is 2.36. The summed E-state index contributed by atoms with van der Waals surface area (Å²) in [4.78, 5) is 9.76. The molecule has 0 unspecified atom stereocenters. The second-order valence-corrected chi connectivity index (χ2v) is 7.60. The van der Waals surface area contributed by atoms with Crippen molar-refractivity contribution in [3.63, 3.8) is 0 Å². The number of fused-ring (bicyclic) bond motifs is 1. The van der Waals surface area contributed by atoms with E-state index in [1.165, 1.54) is 0 Å². The predicted molar refractivity (Wildman–Crippen MR) is 123 cm³/mol. The molecule has 1 N–H and O–H groups in total. The number of aromatic nitrogens is 2. The number of nitrogens with zero attached hydrogens (tertiary/aromatic N) is 2. The summed E-state index contributed by atoms with van der Waals surface area (Å²) in [6, 6.07) is 25.2. The summed E-state index contributed by atoms with van der Waals surface area (Å²) in [6.45, 7) is 0. The molecule has 0 saturated carbocycles. The van der Waals surface area contributed by atoms with Gasteiger partial charge in [0.15, 0.2) is 0 Å². The van der Waals surface area contributed by atoms with Gasteiger partial charge in [-0.25, -0.2) is 4.98 Å². The Morgan fingerprint density at radius 1 is 0.793 bits per heavy atom. The molecule has 0 bridgehead atoms. The van der Waals surface area contributed by atoms with Gasteiger partial charge in [-0.2, -0.15) is 11.3 Å². The van der Waals surface area contributed by atoms with Crippen LogP contribution in [-0.4, -0.2) is 17.0 Å². The fraction of sp³-hybridized carbons (Fsp3) is 0.0400. The lowest BCUT2D eigenvalue weighted by molar-refractivity contribution is 1.32. The molecule has 5 rings (SSSR count). The van der Waals surface area contributed by atoms with Crippen molar-refractivity contribution >= 4 is 27.9 Å². The van der Waals surface area contributed by atoms with Crippen LogP contribution in [0.2, 0.25) is 0 Å². The lowest BCUT2D eigenvalue weighted by Crippen LogP contribution is -1.94. The Hall–Kier alpha value is -3.50. The van der Waals surface area contributed by atoms with E-state index in [0.29, 0.717) is 0 Å². The molecule has 0 saturated heterocycles. The molecule has 0 atom stereocenters. The second-order valence-electron chi connectivity index (χ2n) is 6.82. The number of hydrogen-bond acceptors (Lipinski definition) is 4. The van der Waals surface area contributed by atoms with Crippen LogP contribution in [0, 0.1) is 0 Å². The van der Waals surface area contributed by atoms with Gasteiger partial charge >= 0.3 is 0 Å². The molecular weight excluding hydrogens is 374 g/mol. The Morgan fingerprint density at radius 2 is 1.62 bits per heavy atom. The molecule has 2 aromatic carbocycles. The quantitative estimate of drug-likeness (QED) is 0.368. The highest BCUT2D eigenvalue weighted by atomic mass is 32.1. The number of thiophene rings is 1. The smallest absolute Gasteiger partial charge is 0.0804 e. The van der Waals surface area contributed by atoms with E-state index in [4.69, 9.17) is 4.98 Å². The number of rotatable bonds is 4. The van der Waals surface area contributed by atoms with Gasteiger partial charge in [-0.3, -0.25) is 4.98 Å². The number of benzene rings is 2. The van der Waals surface area contributed by atoms with E-state index in [9.17, 15) is 0 Å². The molecule has 0 fully saturated rings. The molecule has 140 valence electrons. The molecule has 4 heteroatoms. The van der Waals surface area contributed by atoms with Crippen LogP contribution < -0.4 is 5.32 Å². The van der Waals surface area contributed by atoms with Crippen molar-refractivity contribution < 1.29 is 0 Å². The van der Waals surface area contributed by atoms with Gasteiger partial charge in [0.05, 0.1) is 16.9 Å². The van der Waals surface area contributed by atoms with Gasteiger partial charge in [0.2, 0.25) is 0 Å². The largest absolute Gasteiger partial charge is 0.388 e. The van der Waals surface area contributed by atoms with Crippen molar-refractivity contribution in [2.45, 2.75) is 0 Å². The fourth-order valence-electron chi connectivity index (χ4n) is 3.58. The molecular formula is C25H19N3S. The number of hydrogen-bond donors (Lipinski definition) is 1. The second kappa shape index (κ2) is 7.49. The van der Waals surface area contributed by atoms with Crippen LogP contribution in [-0.2, 0) is 0 Å². The van der Waals surface area contributed by atoms with Gasteiger partial charge in [0.1, 0.15) is 0 Å². The molecule has 0 aliphatic carbocycles. The zero-order chi connectivity index (χ0) is 19.6. The van der Waals surface area contributed by atoms with Gasteiger partial charge in [-0.05, 0) is 41.3 Å². The van der Waals surface area contributed by atoms with Crippen molar-refractivity contribution in [2.24, 2.45) is 0 Å². The molecule has 3 heterocycles. The van der Waals surface area contributed by atoms with Gasteiger partial charge in [0, 0.05) is 46.4 Å². The molecule has 0 aliphatic heterocycles. The third-order valence-electron chi connectivity index (χ3n) is 5.07. The Morgan fingerprint density at radius 3 is 2.34 bits per heavy atom. The first-order valence-corrected chi connectivity index (χ1v) is 10.4. The van der Waals surface area contributed by atoms with E-state index in [0.717, 1.165) is 50.2 Å². The predicted octanol–water partition coefficient (Wildman–Crippen LogP) is 6.73. The summed E-state index contributed by atoms with van der Waals surface area (Å²) in [5.41, 5.74) is 8.48. The van der Waals surface area contributed by atoms with E-state index >= 15 is 0 Å². The van der Waals surface area contributed by atoms with Crippen molar-refractivity contribution in [3.05, 3.63) is 89.8 Å². The number of nitrogens with one attached hydrogen (secondary N) is 1. The lowest BCUT2D eigenvalue weighted by atomic mass is 9.96. The Kier molecular flexibility index (Phi) is 4.54. The molecule has 0 radical (unpaired) electrons. The SMILES string of the molecule is CNc1ccc(-c2nc3ccnc(-c4ccsc4)c3cc2-c2ccccc2)cc1. The first-order valence-electron chi connectivity index (χ1n) is 9.49. The Balaban J connectivity index is 1.79. The minimum Gasteiger partial charge on any atom is -0.388 e. The van der Waals surface area contributed by atoms with Crippen molar-refractivity contribution in [2.75, 3.05) is 12.4 Å². The number of pyridine rings is 2. The van der Waals surface area contributed by atoms with E-state index in [1.807, 2.05) is 25.4 Å². The molecule has 0 spiro atoms. The summed E-state index contributed by atoms with van der Waals surface area (Å²) in [7, 11) is 1.93. The third-order valence-corrected chi connectivity index (χ3v) is 5.75. The van der Waals surface area contributed by atoms with E-state index < -0.39 is 0 Å². The zero-order valence-electron chi connectivity index (χ0n) is 16.0. The minimum absolute atomic E-state index is 0.952. The van der Waals surface area contributed by atoms with Crippen LogP contribution in [0.1, 0.15) is 0 Å². The van der Waals surface area contributed by atoms with Crippen LogP contribution >= 0.6 is 11.3 Å². The molecule has 0 amide bonds. The highest BCUT2D eigenvalue weighted by Gasteiger charge is 2.14. The maximum absolute atomic E-state index is 5.09. The van der Waals surface area contributed by atoms with Crippen LogP contribution in [0.5, 0.6) is 0 Å². The van der Waals surface area contributed by atoms with Gasteiger partial charge in [-0.15, -0.1) is 0 Å². The first-order chi connectivity index (χ1) is 14.3. The van der Waals surface area contributed by atoms with Crippen LogP contribution in [0.4, 0.5) is 5.69 Å². The normalized spacial score (nSPS) is 10.9. The molecule has 5 aromatic rings. The maximum Gasteiger partial charge on any atom is 0.0804 e. The van der Waals surface area contributed by atoms with Gasteiger partial charge in [0.25, 0.3) is 0 Å². The van der Waals surface area contributed by atoms with Crippen LogP contribution in [0.25, 0.3) is 44.5 Å². The molecule has 3 aromatic heterocycles. The number of anilines is 1. The summed E-state index contributed by atoms with van der Waals surface area (Å²) >= 11 is 1.68. The average Bonchev–Trinajstić information content (AvgIpc) is 3.33. The highest BCUT2D eigenvalue weighted by molar-refractivity contribution is 7.08. The molecule has 3 nitrogen and oxygen atoms in total. The van der Waals surface area contributed by atoms with Gasteiger partial charge < -0.3 is 5.32 Å².